The molecule has 1 N–H and O–H groups in total. The van der Waals surface area contributed by atoms with E-state index >= 15 is 0 Å². The number of nitrogens with zero attached hydrogens (tertiary/aromatic N) is 5. The summed E-state index contributed by atoms with van der Waals surface area (Å²) >= 11 is -2.08. The molecule has 6 rings (SSSR count). The first-order chi connectivity index (χ1) is 17.6. The van der Waals surface area contributed by atoms with Crippen molar-refractivity contribution in [2.75, 3.05) is 32.7 Å². The van der Waals surface area contributed by atoms with Crippen LogP contribution in [-0.4, -0.2) is 76.6 Å². The third kappa shape index (κ3) is 4.83. The zero-order chi connectivity index (χ0) is 24.6. The lowest BCUT2D eigenvalue weighted by atomic mass is 9.78. The molecule has 3 unspecified atom stereocenters. The molecule has 3 fully saturated rings. The molecule has 2 aliphatic heterocycles. The molecule has 8 nitrogen and oxygen atoms in total. The maximum absolute atomic E-state index is 12.6. The van der Waals surface area contributed by atoms with Crippen LogP contribution in [0.2, 0.25) is 0 Å². The van der Waals surface area contributed by atoms with Crippen molar-refractivity contribution < 1.29 is 8.76 Å². The van der Waals surface area contributed by atoms with Gasteiger partial charge >= 0.3 is 0 Å². The van der Waals surface area contributed by atoms with E-state index in [1.807, 2.05) is 19.2 Å². The van der Waals surface area contributed by atoms with Crippen LogP contribution >= 0.6 is 0 Å². The molecule has 3 atom stereocenters. The molecule has 5 heterocycles. The third-order valence-electron chi connectivity index (χ3n) is 8.79. The molecule has 9 heteroatoms. The van der Waals surface area contributed by atoms with Crippen LogP contribution in [0.25, 0.3) is 21.9 Å². The van der Waals surface area contributed by atoms with Gasteiger partial charge in [0.2, 0.25) is 0 Å². The Morgan fingerprint density at radius 2 is 1.92 bits per heavy atom. The van der Waals surface area contributed by atoms with E-state index in [1.165, 1.54) is 38.0 Å². The molecule has 3 aromatic rings. The van der Waals surface area contributed by atoms with Gasteiger partial charge in [-0.1, -0.05) is 0 Å². The average Bonchev–Trinajstić information content (AvgIpc) is 3.56. The van der Waals surface area contributed by atoms with E-state index in [9.17, 15) is 8.76 Å². The van der Waals surface area contributed by atoms with E-state index in [0.29, 0.717) is 11.8 Å². The standard InChI is InChI=1S/C27H38N6O2S/c1-18-30-23-15-29-26-22(10-11-28-26)24(23)25(31-18)20-6-8-21(9-7-20)27(36(34)35)33-14-4-5-19(17-33)16-32-12-2-3-13-32/h10-11,15,19-21,27H,2-9,12-14,16-17H2,1H3,(H,30,31)(H,34,35)/p-1. The predicted octanol–water partition coefficient (Wildman–Crippen LogP) is 4.10. The first-order valence-corrected chi connectivity index (χ1v) is 14.8. The maximum Gasteiger partial charge on any atom is 0.159 e. The van der Waals surface area contributed by atoms with Crippen LogP contribution in [-0.2, 0) is 11.1 Å². The van der Waals surface area contributed by atoms with Crippen LogP contribution < -0.4 is 0 Å². The van der Waals surface area contributed by atoms with Crippen molar-refractivity contribution in [1.29, 1.82) is 0 Å². The van der Waals surface area contributed by atoms with Crippen molar-refractivity contribution in [2.24, 2.45) is 11.8 Å². The van der Waals surface area contributed by atoms with Crippen molar-refractivity contribution in [3.63, 3.8) is 0 Å². The summed E-state index contributed by atoms with van der Waals surface area (Å²) in [5.41, 5.74) is 2.87. The normalized spacial score (nSPS) is 28.1. The highest BCUT2D eigenvalue weighted by atomic mass is 32.2. The minimum Gasteiger partial charge on any atom is -0.771 e. The lowest BCUT2D eigenvalue weighted by Crippen LogP contribution is -2.50. The van der Waals surface area contributed by atoms with Gasteiger partial charge in [-0.3, -0.25) is 9.11 Å². The van der Waals surface area contributed by atoms with E-state index in [2.05, 4.69) is 24.8 Å². The molecular formula is C27H37N6O2S-. The molecule has 1 aliphatic carbocycles. The molecular weight excluding hydrogens is 472 g/mol. The molecule has 0 bridgehead atoms. The van der Waals surface area contributed by atoms with Crippen LogP contribution in [0.5, 0.6) is 0 Å². The van der Waals surface area contributed by atoms with Gasteiger partial charge in [0.15, 0.2) is 5.65 Å². The minimum atomic E-state index is -2.08. The number of aromatic amines is 1. The van der Waals surface area contributed by atoms with E-state index < -0.39 is 11.1 Å². The molecule has 194 valence electrons. The highest BCUT2D eigenvalue weighted by Gasteiger charge is 2.36. The molecule has 2 saturated heterocycles. The van der Waals surface area contributed by atoms with E-state index in [1.54, 1.807) is 6.20 Å². The third-order valence-corrected chi connectivity index (χ3v) is 9.87. The van der Waals surface area contributed by atoms with Crippen molar-refractivity contribution >= 4 is 33.0 Å². The Balaban J connectivity index is 1.18. The molecule has 0 spiro atoms. The number of nitrogens with one attached hydrogen (secondary N) is 1. The average molecular weight is 510 g/mol. The Hall–Kier alpha value is -1.94. The highest BCUT2D eigenvalue weighted by molar-refractivity contribution is 7.79. The van der Waals surface area contributed by atoms with Gasteiger partial charge in [-0.2, -0.15) is 0 Å². The van der Waals surface area contributed by atoms with Gasteiger partial charge in [-0.15, -0.1) is 0 Å². The summed E-state index contributed by atoms with van der Waals surface area (Å²) in [5.74, 6) is 2.03. The quantitative estimate of drug-likeness (QED) is 0.499. The van der Waals surface area contributed by atoms with E-state index in [4.69, 9.17) is 4.98 Å². The summed E-state index contributed by atoms with van der Waals surface area (Å²) in [6.45, 7) is 7.37. The summed E-state index contributed by atoms with van der Waals surface area (Å²) < 4.78 is 25.1. The second-order valence-electron chi connectivity index (χ2n) is 11.2. The number of aryl methyl sites for hydroxylation is 1. The number of H-pyrrole nitrogens is 1. The number of aromatic nitrogens is 4. The summed E-state index contributed by atoms with van der Waals surface area (Å²) in [6, 6.07) is 2.02. The minimum absolute atomic E-state index is 0.196. The summed E-state index contributed by atoms with van der Waals surface area (Å²) in [4.78, 5) is 22.0. The second-order valence-corrected chi connectivity index (χ2v) is 12.2. The maximum atomic E-state index is 12.6. The molecule has 3 aliphatic rings. The Morgan fingerprint density at radius 1 is 1.11 bits per heavy atom. The number of pyridine rings is 1. The van der Waals surface area contributed by atoms with Crippen molar-refractivity contribution in [3.8, 4) is 0 Å². The SMILES string of the molecule is Cc1nc2cnc3nccc3c2c(C2CCC(C(N3CCCC(CN4CCCC4)C3)S(=O)[O-])CC2)[nH]1. The van der Waals surface area contributed by atoms with Crippen LogP contribution in [0, 0.1) is 18.8 Å². The van der Waals surface area contributed by atoms with Crippen LogP contribution in [0.15, 0.2) is 18.5 Å². The Morgan fingerprint density at radius 3 is 2.69 bits per heavy atom. The molecule has 3 aromatic heterocycles. The molecule has 1 saturated carbocycles. The Bertz CT molecular complexity index is 1230. The highest BCUT2D eigenvalue weighted by Crippen LogP contribution is 2.41. The number of hydrogen-bond donors (Lipinski definition) is 1. The number of rotatable bonds is 6. The lowest BCUT2D eigenvalue weighted by Gasteiger charge is -2.45. The van der Waals surface area contributed by atoms with Crippen LogP contribution in [0.3, 0.4) is 0 Å². The van der Waals surface area contributed by atoms with Crippen LogP contribution in [0.1, 0.15) is 68.8 Å². The van der Waals surface area contributed by atoms with Gasteiger partial charge in [-0.05, 0) is 113 Å². The van der Waals surface area contributed by atoms with Gasteiger partial charge < -0.3 is 14.4 Å². The van der Waals surface area contributed by atoms with Gasteiger partial charge in [0.1, 0.15) is 5.82 Å². The zero-order valence-electron chi connectivity index (χ0n) is 21.2. The largest absolute Gasteiger partial charge is 0.771 e. The lowest BCUT2D eigenvalue weighted by molar-refractivity contribution is 0.0947. The molecule has 0 aromatic carbocycles. The van der Waals surface area contributed by atoms with Crippen molar-refractivity contribution in [2.45, 2.75) is 69.6 Å². The fourth-order valence-corrected chi connectivity index (χ4v) is 8.19. The zero-order valence-corrected chi connectivity index (χ0v) is 22.0. The molecule has 0 radical (unpaired) electrons. The summed E-state index contributed by atoms with van der Waals surface area (Å²) in [6.07, 6.45) is 12.4. The fourth-order valence-electron chi connectivity index (χ4n) is 7.17. The fraction of sp³-hybridized carbons (Fsp3) is 0.667. The van der Waals surface area contributed by atoms with E-state index in [0.717, 1.165) is 79.5 Å². The van der Waals surface area contributed by atoms with Crippen LogP contribution in [0.4, 0.5) is 0 Å². The first-order valence-electron chi connectivity index (χ1n) is 13.7. The van der Waals surface area contributed by atoms with Gasteiger partial charge in [-0.25, -0.2) is 15.0 Å². The topological polar surface area (TPSA) is 101 Å². The Labute approximate surface area is 215 Å². The first kappa shape index (κ1) is 24.4. The number of hydrogen-bond acceptors (Lipinski definition) is 7. The monoisotopic (exact) mass is 509 g/mol. The van der Waals surface area contributed by atoms with Gasteiger partial charge in [0.05, 0.1) is 17.1 Å². The molecule has 0 amide bonds. The van der Waals surface area contributed by atoms with Gasteiger partial charge in [0.25, 0.3) is 0 Å². The predicted molar refractivity (Wildman–Crippen MR) is 141 cm³/mol. The van der Waals surface area contributed by atoms with Crippen molar-refractivity contribution in [1.82, 2.24) is 29.7 Å². The number of piperidine rings is 1. The smallest absolute Gasteiger partial charge is 0.159 e. The van der Waals surface area contributed by atoms with E-state index in [-0.39, 0.29) is 11.3 Å². The second kappa shape index (κ2) is 10.4. The van der Waals surface area contributed by atoms with Gasteiger partial charge in [0, 0.05) is 35.8 Å². The number of likely N-dealkylation sites (tertiary alicyclic amines) is 2. The molecule has 36 heavy (non-hydrogen) atoms. The summed E-state index contributed by atoms with van der Waals surface area (Å²) in [7, 11) is 0. The van der Waals surface area contributed by atoms with Crippen molar-refractivity contribution in [3.05, 3.63) is 30.0 Å². The number of fused-ring (bicyclic) bond motifs is 3. The Kier molecular flexibility index (Phi) is 7.07. The summed E-state index contributed by atoms with van der Waals surface area (Å²) in [5, 5.41) is 1.81.